The second kappa shape index (κ2) is 6.46. The second-order valence-corrected chi connectivity index (χ2v) is 5.10. The van der Waals surface area contributed by atoms with Crippen LogP contribution in [-0.4, -0.2) is 5.91 Å². The van der Waals surface area contributed by atoms with Crippen LogP contribution in [0.2, 0.25) is 0 Å². The fourth-order valence-corrected chi connectivity index (χ4v) is 2.22. The second-order valence-electron chi connectivity index (χ2n) is 4.24. The van der Waals surface area contributed by atoms with Crippen LogP contribution >= 0.6 is 15.9 Å². The molecular weight excluding hydrogens is 342 g/mol. The Hall–Kier alpha value is -2.26. The van der Waals surface area contributed by atoms with Gasteiger partial charge in [-0.05, 0) is 40.2 Å². The third-order valence-corrected chi connectivity index (χ3v) is 3.41. The molecule has 2 aromatic rings. The Morgan fingerprint density at radius 2 is 2.05 bits per heavy atom. The number of nitriles is 1. The first-order valence-electron chi connectivity index (χ1n) is 5.93. The van der Waals surface area contributed by atoms with Gasteiger partial charge in [0, 0.05) is 10.0 Å². The van der Waals surface area contributed by atoms with Crippen molar-refractivity contribution in [1.82, 2.24) is 0 Å². The molecule has 21 heavy (non-hydrogen) atoms. The Labute approximate surface area is 128 Å². The van der Waals surface area contributed by atoms with Gasteiger partial charge >= 0.3 is 0 Å². The van der Waals surface area contributed by atoms with Gasteiger partial charge in [-0.25, -0.2) is 8.78 Å². The van der Waals surface area contributed by atoms with E-state index in [4.69, 9.17) is 5.26 Å². The minimum atomic E-state index is -1.02. The summed E-state index contributed by atoms with van der Waals surface area (Å²) in [7, 11) is 0. The van der Waals surface area contributed by atoms with Gasteiger partial charge in [-0.3, -0.25) is 4.79 Å². The van der Waals surface area contributed by atoms with Crippen molar-refractivity contribution in [3.05, 3.63) is 63.6 Å². The number of nitrogens with one attached hydrogen (secondary N) is 1. The summed E-state index contributed by atoms with van der Waals surface area (Å²) in [6.07, 6.45) is -0.282. The van der Waals surface area contributed by atoms with E-state index in [9.17, 15) is 13.6 Å². The number of carbonyl (C=O) groups excluding carboxylic acids is 1. The number of benzene rings is 2. The summed E-state index contributed by atoms with van der Waals surface area (Å²) in [6.45, 7) is 0. The lowest BCUT2D eigenvalue weighted by Crippen LogP contribution is -2.16. The summed E-state index contributed by atoms with van der Waals surface area (Å²) in [4.78, 5) is 11.9. The lowest BCUT2D eigenvalue weighted by Gasteiger charge is -2.08. The summed E-state index contributed by atoms with van der Waals surface area (Å²) < 4.78 is 27.1. The molecule has 0 aliphatic carbocycles. The van der Waals surface area contributed by atoms with E-state index in [0.29, 0.717) is 15.7 Å². The van der Waals surface area contributed by atoms with Crippen LogP contribution in [-0.2, 0) is 11.2 Å². The zero-order chi connectivity index (χ0) is 15.4. The Balaban J connectivity index is 2.12. The minimum absolute atomic E-state index is 0.0164. The van der Waals surface area contributed by atoms with Crippen LogP contribution in [0.25, 0.3) is 0 Å². The zero-order valence-corrected chi connectivity index (χ0v) is 12.2. The molecule has 0 aromatic heterocycles. The van der Waals surface area contributed by atoms with Gasteiger partial charge in [-0.1, -0.05) is 12.1 Å². The number of nitrogens with zero attached hydrogens (tertiary/aromatic N) is 1. The van der Waals surface area contributed by atoms with Crippen molar-refractivity contribution < 1.29 is 13.6 Å². The zero-order valence-electron chi connectivity index (χ0n) is 10.7. The van der Waals surface area contributed by atoms with Gasteiger partial charge in [-0.2, -0.15) is 5.26 Å². The van der Waals surface area contributed by atoms with E-state index >= 15 is 0 Å². The predicted molar refractivity (Wildman–Crippen MR) is 77.5 cm³/mol. The van der Waals surface area contributed by atoms with Gasteiger partial charge in [0.2, 0.25) is 5.91 Å². The van der Waals surface area contributed by atoms with E-state index in [2.05, 4.69) is 21.2 Å². The van der Waals surface area contributed by atoms with Crippen LogP contribution in [0.15, 0.2) is 40.9 Å². The van der Waals surface area contributed by atoms with E-state index in [-0.39, 0.29) is 12.0 Å². The maximum atomic E-state index is 13.5. The molecule has 0 saturated heterocycles. The molecule has 0 heterocycles. The summed E-state index contributed by atoms with van der Waals surface area (Å²) in [5, 5.41) is 11.3. The molecule has 0 spiro atoms. The lowest BCUT2D eigenvalue weighted by molar-refractivity contribution is -0.115. The number of hydrogen-bond acceptors (Lipinski definition) is 2. The molecule has 0 atom stereocenters. The number of carbonyl (C=O) groups is 1. The van der Waals surface area contributed by atoms with Crippen molar-refractivity contribution in [3.63, 3.8) is 0 Å². The summed E-state index contributed by atoms with van der Waals surface area (Å²) >= 11 is 3.23. The average molecular weight is 351 g/mol. The summed E-state index contributed by atoms with van der Waals surface area (Å²) in [5.41, 5.74) is 0.879. The molecule has 1 N–H and O–H groups in total. The van der Waals surface area contributed by atoms with Gasteiger partial charge in [0.15, 0.2) is 11.6 Å². The first-order valence-corrected chi connectivity index (χ1v) is 6.73. The Bertz CT molecular complexity index is 741. The van der Waals surface area contributed by atoms with Crippen LogP contribution in [0.3, 0.4) is 0 Å². The molecule has 0 radical (unpaired) electrons. The average Bonchev–Trinajstić information content (AvgIpc) is 2.46. The summed E-state index contributed by atoms with van der Waals surface area (Å²) in [5.74, 6) is -2.49. The van der Waals surface area contributed by atoms with Gasteiger partial charge in [0.1, 0.15) is 0 Å². The van der Waals surface area contributed by atoms with Crippen molar-refractivity contribution in [1.29, 1.82) is 5.26 Å². The molecule has 0 aliphatic rings. The van der Waals surface area contributed by atoms with Gasteiger partial charge < -0.3 is 5.32 Å². The molecule has 106 valence electrons. The van der Waals surface area contributed by atoms with Crippen molar-refractivity contribution in [2.45, 2.75) is 6.42 Å². The fraction of sp³-hybridized carbons (Fsp3) is 0.0667. The number of hydrogen-bond donors (Lipinski definition) is 1. The topological polar surface area (TPSA) is 52.9 Å². The van der Waals surface area contributed by atoms with Gasteiger partial charge in [-0.15, -0.1) is 0 Å². The van der Waals surface area contributed by atoms with E-state index in [0.717, 1.165) is 6.07 Å². The lowest BCUT2D eigenvalue weighted by atomic mass is 10.1. The largest absolute Gasteiger partial charge is 0.325 e. The third-order valence-electron chi connectivity index (χ3n) is 2.75. The normalized spacial score (nSPS) is 10.0. The predicted octanol–water partition coefficient (Wildman–Crippen LogP) is 3.78. The smallest absolute Gasteiger partial charge is 0.228 e. The Morgan fingerprint density at radius 1 is 1.29 bits per heavy atom. The van der Waals surface area contributed by atoms with E-state index in [1.807, 2.05) is 6.07 Å². The van der Waals surface area contributed by atoms with E-state index in [1.165, 1.54) is 12.1 Å². The molecule has 0 unspecified atom stereocenters. The van der Waals surface area contributed by atoms with E-state index in [1.54, 1.807) is 18.2 Å². The molecule has 1 amide bonds. The first-order chi connectivity index (χ1) is 10.0. The number of rotatable bonds is 3. The molecular formula is C15H9BrF2N2O. The highest BCUT2D eigenvalue weighted by molar-refractivity contribution is 9.10. The monoisotopic (exact) mass is 350 g/mol. The number of halogens is 3. The molecule has 2 rings (SSSR count). The maximum Gasteiger partial charge on any atom is 0.228 e. The quantitative estimate of drug-likeness (QED) is 0.915. The maximum absolute atomic E-state index is 13.5. The molecule has 3 nitrogen and oxygen atoms in total. The highest BCUT2D eigenvalue weighted by atomic mass is 79.9. The SMILES string of the molecule is N#Cc1ccc(NC(=O)Cc2cccc(F)c2F)c(Br)c1. The Morgan fingerprint density at radius 3 is 2.71 bits per heavy atom. The van der Waals surface area contributed by atoms with Crippen LogP contribution in [0.4, 0.5) is 14.5 Å². The van der Waals surface area contributed by atoms with Crippen LogP contribution < -0.4 is 5.32 Å². The van der Waals surface area contributed by atoms with Gasteiger partial charge in [0.05, 0.1) is 23.7 Å². The molecule has 6 heteroatoms. The third kappa shape index (κ3) is 3.64. The number of amides is 1. The fourth-order valence-electron chi connectivity index (χ4n) is 1.74. The Kier molecular flexibility index (Phi) is 4.66. The van der Waals surface area contributed by atoms with E-state index < -0.39 is 17.5 Å². The molecule has 0 saturated carbocycles. The van der Waals surface area contributed by atoms with Crippen LogP contribution in [0, 0.1) is 23.0 Å². The molecule has 2 aromatic carbocycles. The molecule has 0 aliphatic heterocycles. The van der Waals surface area contributed by atoms with Crippen LogP contribution in [0.1, 0.15) is 11.1 Å². The minimum Gasteiger partial charge on any atom is -0.325 e. The first kappa shape index (κ1) is 15.1. The highest BCUT2D eigenvalue weighted by Crippen LogP contribution is 2.23. The van der Waals surface area contributed by atoms with Crippen molar-refractivity contribution in [3.8, 4) is 6.07 Å². The van der Waals surface area contributed by atoms with Crippen molar-refractivity contribution in [2.75, 3.05) is 5.32 Å². The summed E-state index contributed by atoms with van der Waals surface area (Å²) in [6, 6.07) is 10.3. The van der Waals surface area contributed by atoms with Crippen molar-refractivity contribution >= 4 is 27.5 Å². The highest BCUT2D eigenvalue weighted by Gasteiger charge is 2.12. The molecule has 0 bridgehead atoms. The van der Waals surface area contributed by atoms with Crippen molar-refractivity contribution in [2.24, 2.45) is 0 Å². The van der Waals surface area contributed by atoms with Crippen LogP contribution in [0.5, 0.6) is 0 Å². The standard InChI is InChI=1S/C15H9BrF2N2O/c16-11-6-9(8-19)4-5-13(11)20-14(21)7-10-2-1-3-12(17)15(10)18/h1-6H,7H2,(H,20,21). The molecule has 0 fully saturated rings. The van der Waals surface area contributed by atoms with Gasteiger partial charge in [0.25, 0.3) is 0 Å². The number of anilines is 1.